The van der Waals surface area contributed by atoms with E-state index in [4.69, 9.17) is 0 Å². The highest BCUT2D eigenvalue weighted by atomic mass is 32.2. The van der Waals surface area contributed by atoms with Crippen LogP contribution in [-0.2, 0) is 10.0 Å². The molecule has 0 fully saturated rings. The number of nitrogens with one attached hydrogen (secondary N) is 1. The number of aryl methyl sites for hydroxylation is 1. The summed E-state index contributed by atoms with van der Waals surface area (Å²) in [6.45, 7) is 3.83. The summed E-state index contributed by atoms with van der Waals surface area (Å²) in [5, 5.41) is 0. The van der Waals surface area contributed by atoms with Crippen molar-refractivity contribution in [1.29, 1.82) is 0 Å². The molecule has 0 spiro atoms. The summed E-state index contributed by atoms with van der Waals surface area (Å²) in [7, 11) is -3.85. The van der Waals surface area contributed by atoms with Crippen molar-refractivity contribution in [1.82, 2.24) is 4.72 Å². The fraction of sp³-hybridized carbons (Fsp3) is 0.160. The Morgan fingerprint density at radius 3 is 2.03 bits per heavy atom. The third-order valence-electron chi connectivity index (χ3n) is 4.77. The number of carbonyl (C=O) groups is 1. The zero-order chi connectivity index (χ0) is 21.6. The number of sulfonamides is 1. The summed E-state index contributed by atoms with van der Waals surface area (Å²) in [6.07, 6.45) is 2.40. The molecule has 0 bridgehead atoms. The van der Waals surface area contributed by atoms with Gasteiger partial charge in [0.2, 0.25) is 10.0 Å². The van der Waals surface area contributed by atoms with E-state index in [9.17, 15) is 13.2 Å². The van der Waals surface area contributed by atoms with Gasteiger partial charge in [0.1, 0.15) is 0 Å². The molecule has 0 heterocycles. The Morgan fingerprint density at radius 1 is 0.900 bits per heavy atom. The quantitative estimate of drug-likeness (QED) is 0.401. The van der Waals surface area contributed by atoms with E-state index >= 15 is 0 Å². The monoisotopic (exact) mass is 419 g/mol. The largest absolute Gasteiger partial charge is 0.289 e. The smallest absolute Gasteiger partial charge is 0.241 e. The number of rotatable bonds is 8. The number of carbonyl (C=O) groups excluding carboxylic acids is 1. The highest BCUT2D eigenvalue weighted by Gasteiger charge is 2.28. The fourth-order valence-electron chi connectivity index (χ4n) is 3.21. The molecule has 0 aromatic heterocycles. The molecule has 30 heavy (non-hydrogen) atoms. The summed E-state index contributed by atoms with van der Waals surface area (Å²) in [4.78, 5) is 13.5. The zero-order valence-corrected chi connectivity index (χ0v) is 17.9. The minimum Gasteiger partial charge on any atom is -0.289 e. The van der Waals surface area contributed by atoms with Gasteiger partial charge in [-0.25, -0.2) is 8.42 Å². The van der Waals surface area contributed by atoms with Crippen LogP contribution in [0.2, 0.25) is 0 Å². The molecule has 0 aliphatic carbocycles. The molecule has 3 rings (SSSR count). The first kappa shape index (κ1) is 21.7. The maximum absolute atomic E-state index is 13.3. The van der Waals surface area contributed by atoms with Gasteiger partial charge < -0.3 is 0 Å². The van der Waals surface area contributed by atoms with Gasteiger partial charge in [-0.15, -0.1) is 0 Å². The lowest BCUT2D eigenvalue weighted by Gasteiger charge is -2.22. The summed E-state index contributed by atoms with van der Waals surface area (Å²) < 4.78 is 29.1. The molecule has 3 aromatic carbocycles. The standard InChI is InChI=1S/C25H25NO3S/c1-3-10-23(25(27)21-13-8-5-9-14-21)24(20-11-6-4-7-12-20)26-30(28,29)22-17-15-19(2)16-18-22/h4-18,24,26H,3H2,1-2H3/b23-10+. The molecule has 0 amide bonds. The van der Waals surface area contributed by atoms with Crippen LogP contribution in [0.4, 0.5) is 0 Å². The van der Waals surface area contributed by atoms with Crippen LogP contribution in [0, 0.1) is 6.92 Å². The fourth-order valence-corrected chi connectivity index (χ4v) is 4.42. The van der Waals surface area contributed by atoms with Gasteiger partial charge in [-0.2, -0.15) is 4.72 Å². The summed E-state index contributed by atoms with van der Waals surface area (Å²) in [6, 6.07) is 23.9. The van der Waals surface area contributed by atoms with Crippen LogP contribution < -0.4 is 4.72 Å². The van der Waals surface area contributed by atoms with Gasteiger partial charge in [0, 0.05) is 11.1 Å². The Hall–Kier alpha value is -3.02. The number of Topliss-reactive ketones (excluding diaryl/α,β-unsaturated/α-hetero) is 1. The first-order chi connectivity index (χ1) is 14.4. The first-order valence-corrected chi connectivity index (χ1v) is 11.3. The molecular formula is C25H25NO3S. The summed E-state index contributed by atoms with van der Waals surface area (Å²) in [5.41, 5.74) is 2.61. The average molecular weight is 420 g/mol. The number of benzene rings is 3. The van der Waals surface area contributed by atoms with Gasteiger partial charge in [0.15, 0.2) is 5.78 Å². The lowest BCUT2D eigenvalue weighted by molar-refractivity contribution is 0.102. The van der Waals surface area contributed by atoms with Gasteiger partial charge >= 0.3 is 0 Å². The maximum atomic E-state index is 13.3. The number of hydrogen-bond acceptors (Lipinski definition) is 3. The lowest BCUT2D eigenvalue weighted by Crippen LogP contribution is -2.32. The van der Waals surface area contributed by atoms with Gasteiger partial charge in [-0.3, -0.25) is 4.79 Å². The van der Waals surface area contributed by atoms with E-state index in [1.54, 1.807) is 54.6 Å². The second kappa shape index (κ2) is 9.65. The lowest BCUT2D eigenvalue weighted by atomic mass is 9.92. The Bertz CT molecular complexity index is 1120. The van der Waals surface area contributed by atoms with Gasteiger partial charge in [0.05, 0.1) is 10.9 Å². The summed E-state index contributed by atoms with van der Waals surface area (Å²) >= 11 is 0. The van der Waals surface area contributed by atoms with E-state index in [-0.39, 0.29) is 10.7 Å². The van der Waals surface area contributed by atoms with Crippen molar-refractivity contribution < 1.29 is 13.2 Å². The molecule has 1 N–H and O–H groups in total. The average Bonchev–Trinajstić information content (AvgIpc) is 2.77. The SMILES string of the molecule is CC/C=C(/C(=O)c1ccccc1)C(NS(=O)(=O)c1ccc(C)cc1)c1ccccc1. The number of allylic oxidation sites excluding steroid dienone is 1. The van der Waals surface area contributed by atoms with Crippen molar-refractivity contribution in [2.24, 2.45) is 0 Å². The van der Waals surface area contributed by atoms with Crippen LogP contribution in [0.5, 0.6) is 0 Å². The Morgan fingerprint density at radius 2 is 1.47 bits per heavy atom. The molecule has 0 aliphatic heterocycles. The van der Waals surface area contributed by atoms with Crippen LogP contribution in [0.15, 0.2) is 101 Å². The molecule has 0 radical (unpaired) electrons. The zero-order valence-electron chi connectivity index (χ0n) is 17.1. The molecular weight excluding hydrogens is 394 g/mol. The maximum Gasteiger partial charge on any atom is 0.241 e. The third kappa shape index (κ3) is 5.12. The van der Waals surface area contributed by atoms with Crippen molar-refractivity contribution in [3.05, 3.63) is 113 Å². The van der Waals surface area contributed by atoms with Gasteiger partial charge in [-0.05, 0) is 31.0 Å². The Labute approximate surface area is 178 Å². The van der Waals surface area contributed by atoms with Crippen LogP contribution in [0.1, 0.15) is 40.9 Å². The molecule has 5 heteroatoms. The van der Waals surface area contributed by atoms with Crippen molar-refractivity contribution in [2.45, 2.75) is 31.2 Å². The molecule has 154 valence electrons. The highest BCUT2D eigenvalue weighted by molar-refractivity contribution is 7.89. The van der Waals surface area contributed by atoms with E-state index in [0.717, 1.165) is 5.56 Å². The van der Waals surface area contributed by atoms with Crippen molar-refractivity contribution >= 4 is 15.8 Å². The number of hydrogen-bond donors (Lipinski definition) is 1. The van der Waals surface area contributed by atoms with Gasteiger partial charge in [0.25, 0.3) is 0 Å². The summed E-state index contributed by atoms with van der Waals surface area (Å²) in [5.74, 6) is -0.196. The van der Waals surface area contributed by atoms with Crippen LogP contribution in [0.25, 0.3) is 0 Å². The molecule has 0 saturated carbocycles. The predicted molar refractivity (Wildman–Crippen MR) is 120 cm³/mol. The van der Waals surface area contributed by atoms with Crippen molar-refractivity contribution in [3.8, 4) is 0 Å². The van der Waals surface area contributed by atoms with Crippen LogP contribution >= 0.6 is 0 Å². The molecule has 3 aromatic rings. The normalized spacial score (nSPS) is 13.1. The Balaban J connectivity index is 2.06. The van der Waals surface area contributed by atoms with E-state index in [1.165, 1.54) is 0 Å². The second-order valence-electron chi connectivity index (χ2n) is 7.04. The molecule has 1 unspecified atom stereocenters. The Kier molecular flexibility index (Phi) is 6.98. The van der Waals surface area contributed by atoms with E-state index in [0.29, 0.717) is 23.1 Å². The van der Waals surface area contributed by atoms with E-state index in [1.807, 2.05) is 50.2 Å². The second-order valence-corrected chi connectivity index (χ2v) is 8.75. The van der Waals surface area contributed by atoms with Crippen molar-refractivity contribution in [3.63, 3.8) is 0 Å². The topological polar surface area (TPSA) is 63.2 Å². The molecule has 1 atom stereocenters. The van der Waals surface area contributed by atoms with Gasteiger partial charge in [-0.1, -0.05) is 91.4 Å². The van der Waals surface area contributed by atoms with Crippen LogP contribution in [-0.4, -0.2) is 14.2 Å². The molecule has 4 nitrogen and oxygen atoms in total. The van der Waals surface area contributed by atoms with E-state index in [2.05, 4.69) is 4.72 Å². The minimum absolute atomic E-state index is 0.164. The first-order valence-electron chi connectivity index (χ1n) is 9.86. The predicted octanol–water partition coefficient (Wildman–Crippen LogP) is 5.23. The minimum atomic E-state index is -3.85. The molecule has 0 aliphatic rings. The third-order valence-corrected chi connectivity index (χ3v) is 6.21. The number of ketones is 1. The van der Waals surface area contributed by atoms with Crippen LogP contribution in [0.3, 0.4) is 0 Å². The van der Waals surface area contributed by atoms with Crippen molar-refractivity contribution in [2.75, 3.05) is 0 Å². The van der Waals surface area contributed by atoms with E-state index < -0.39 is 16.1 Å². The highest BCUT2D eigenvalue weighted by Crippen LogP contribution is 2.28. The molecule has 0 saturated heterocycles.